The van der Waals surface area contributed by atoms with Crippen LogP contribution >= 0.6 is 11.8 Å². The molecule has 0 radical (unpaired) electrons. The molecule has 4 unspecified atom stereocenters. The Morgan fingerprint density at radius 3 is 2.74 bits per heavy atom. The third-order valence-electron chi connectivity index (χ3n) is 5.21. The Morgan fingerprint density at radius 1 is 1.21 bits per heavy atom. The number of nitrogens with one attached hydrogen (secondary N) is 1. The summed E-state index contributed by atoms with van der Waals surface area (Å²) < 4.78 is 0. The lowest BCUT2D eigenvalue weighted by atomic mass is 9.76. The van der Waals surface area contributed by atoms with E-state index >= 15 is 0 Å². The second-order valence-corrected chi connectivity index (χ2v) is 7.81. The van der Waals surface area contributed by atoms with E-state index in [1.165, 1.54) is 57.5 Å². The van der Waals surface area contributed by atoms with Crippen LogP contribution in [-0.4, -0.2) is 48.6 Å². The van der Waals surface area contributed by atoms with Crippen LogP contribution in [0.2, 0.25) is 0 Å². The molecule has 0 aromatic carbocycles. The SMILES string of the molecule is CCC1CCC(NC)C(CN2CCSC(CC)C2)C1. The molecule has 0 bridgehead atoms. The van der Waals surface area contributed by atoms with Gasteiger partial charge in [0.05, 0.1) is 0 Å². The lowest BCUT2D eigenvalue weighted by Gasteiger charge is -2.41. The smallest absolute Gasteiger partial charge is 0.0172 e. The average Bonchev–Trinajstić information content (AvgIpc) is 2.47. The molecule has 2 nitrogen and oxygen atoms in total. The van der Waals surface area contributed by atoms with E-state index in [0.717, 1.165) is 23.1 Å². The first kappa shape index (κ1) is 15.7. The van der Waals surface area contributed by atoms with Crippen molar-refractivity contribution < 1.29 is 0 Å². The summed E-state index contributed by atoms with van der Waals surface area (Å²) >= 11 is 2.18. The minimum atomic E-state index is 0.762. The molecule has 112 valence electrons. The number of thioether (sulfide) groups is 1. The summed E-state index contributed by atoms with van der Waals surface area (Å²) in [5, 5.41) is 4.46. The van der Waals surface area contributed by atoms with Gasteiger partial charge in [-0.3, -0.25) is 0 Å². The van der Waals surface area contributed by atoms with Crippen molar-refractivity contribution in [1.29, 1.82) is 0 Å². The van der Waals surface area contributed by atoms with Gasteiger partial charge in [0.15, 0.2) is 0 Å². The first-order valence-electron chi connectivity index (χ1n) is 8.28. The van der Waals surface area contributed by atoms with Gasteiger partial charge in [0.25, 0.3) is 0 Å². The van der Waals surface area contributed by atoms with Gasteiger partial charge in [0, 0.05) is 36.7 Å². The molecule has 0 aromatic heterocycles. The molecule has 19 heavy (non-hydrogen) atoms. The van der Waals surface area contributed by atoms with Crippen molar-refractivity contribution in [2.24, 2.45) is 11.8 Å². The highest BCUT2D eigenvalue weighted by Crippen LogP contribution is 2.32. The van der Waals surface area contributed by atoms with Gasteiger partial charge >= 0.3 is 0 Å². The third-order valence-corrected chi connectivity index (χ3v) is 6.58. The van der Waals surface area contributed by atoms with Gasteiger partial charge in [-0.05, 0) is 44.6 Å². The van der Waals surface area contributed by atoms with Gasteiger partial charge in [-0.15, -0.1) is 0 Å². The first-order valence-corrected chi connectivity index (χ1v) is 9.32. The fraction of sp³-hybridized carbons (Fsp3) is 1.00. The average molecular weight is 285 g/mol. The number of nitrogens with zero attached hydrogens (tertiary/aromatic N) is 1. The molecular weight excluding hydrogens is 252 g/mol. The third kappa shape index (κ3) is 4.37. The second kappa shape index (κ2) is 7.90. The highest BCUT2D eigenvalue weighted by atomic mass is 32.2. The zero-order chi connectivity index (χ0) is 13.7. The molecule has 2 aliphatic rings. The molecule has 2 fully saturated rings. The van der Waals surface area contributed by atoms with Crippen molar-refractivity contribution in [1.82, 2.24) is 10.2 Å². The van der Waals surface area contributed by atoms with Crippen molar-refractivity contribution in [3.05, 3.63) is 0 Å². The van der Waals surface area contributed by atoms with Crippen LogP contribution < -0.4 is 5.32 Å². The molecule has 1 N–H and O–H groups in total. The zero-order valence-electron chi connectivity index (χ0n) is 13.0. The predicted molar refractivity (Wildman–Crippen MR) is 86.9 cm³/mol. The quantitative estimate of drug-likeness (QED) is 0.834. The standard InChI is InChI=1S/C16H32N2S/c1-4-13-6-7-16(17-3)14(10-13)11-18-8-9-19-15(5-2)12-18/h13-17H,4-12H2,1-3H3. The lowest BCUT2D eigenvalue weighted by molar-refractivity contribution is 0.143. The minimum Gasteiger partial charge on any atom is -0.317 e. The van der Waals surface area contributed by atoms with Crippen LogP contribution in [0.4, 0.5) is 0 Å². The molecule has 0 aromatic rings. The van der Waals surface area contributed by atoms with Crippen molar-refractivity contribution in [3.8, 4) is 0 Å². The second-order valence-electron chi connectivity index (χ2n) is 6.40. The van der Waals surface area contributed by atoms with E-state index in [0.29, 0.717) is 0 Å². The van der Waals surface area contributed by atoms with Crippen LogP contribution in [0.1, 0.15) is 46.0 Å². The molecule has 1 heterocycles. The molecule has 1 aliphatic heterocycles. The fourth-order valence-electron chi connectivity index (χ4n) is 3.84. The van der Waals surface area contributed by atoms with Gasteiger partial charge < -0.3 is 10.2 Å². The minimum absolute atomic E-state index is 0.762. The van der Waals surface area contributed by atoms with E-state index in [2.05, 4.69) is 42.9 Å². The monoisotopic (exact) mass is 284 g/mol. The van der Waals surface area contributed by atoms with E-state index in [1.807, 2.05) is 0 Å². The van der Waals surface area contributed by atoms with E-state index in [4.69, 9.17) is 0 Å². The lowest BCUT2D eigenvalue weighted by Crippen LogP contribution is -2.47. The summed E-state index contributed by atoms with van der Waals surface area (Å²) in [5.41, 5.74) is 0. The molecule has 4 atom stereocenters. The van der Waals surface area contributed by atoms with Crippen LogP contribution in [0.5, 0.6) is 0 Å². The van der Waals surface area contributed by atoms with Crippen LogP contribution in [0.3, 0.4) is 0 Å². The summed E-state index contributed by atoms with van der Waals surface area (Å²) in [6.45, 7) is 8.67. The summed E-state index contributed by atoms with van der Waals surface area (Å²) in [6.07, 6.45) is 6.98. The number of rotatable bonds is 5. The Bertz CT molecular complexity index is 259. The van der Waals surface area contributed by atoms with E-state index in [-0.39, 0.29) is 0 Å². The molecular formula is C16H32N2S. The maximum absolute atomic E-state index is 3.58. The van der Waals surface area contributed by atoms with Crippen molar-refractivity contribution in [2.45, 2.75) is 57.2 Å². The maximum Gasteiger partial charge on any atom is 0.0172 e. The Morgan fingerprint density at radius 2 is 2.05 bits per heavy atom. The predicted octanol–water partition coefficient (Wildman–Crippen LogP) is 3.23. The van der Waals surface area contributed by atoms with Crippen LogP contribution in [-0.2, 0) is 0 Å². The van der Waals surface area contributed by atoms with E-state index < -0.39 is 0 Å². The van der Waals surface area contributed by atoms with E-state index in [1.54, 1.807) is 0 Å². The van der Waals surface area contributed by atoms with E-state index in [9.17, 15) is 0 Å². The van der Waals surface area contributed by atoms with Gasteiger partial charge in [-0.25, -0.2) is 0 Å². The topological polar surface area (TPSA) is 15.3 Å². The molecule has 1 saturated carbocycles. The summed E-state index contributed by atoms with van der Waals surface area (Å²) in [5.74, 6) is 3.20. The van der Waals surface area contributed by atoms with Gasteiger partial charge in [-0.2, -0.15) is 11.8 Å². The zero-order valence-corrected chi connectivity index (χ0v) is 13.8. The Kier molecular flexibility index (Phi) is 6.51. The Balaban J connectivity index is 1.87. The maximum atomic E-state index is 3.58. The fourth-order valence-corrected chi connectivity index (χ4v) is 5.09. The number of hydrogen-bond acceptors (Lipinski definition) is 3. The van der Waals surface area contributed by atoms with Crippen LogP contribution in [0.25, 0.3) is 0 Å². The highest BCUT2D eigenvalue weighted by Gasteiger charge is 2.31. The van der Waals surface area contributed by atoms with Crippen LogP contribution in [0.15, 0.2) is 0 Å². The molecule has 2 rings (SSSR count). The van der Waals surface area contributed by atoms with Gasteiger partial charge in [0.2, 0.25) is 0 Å². The van der Waals surface area contributed by atoms with Crippen molar-refractivity contribution in [3.63, 3.8) is 0 Å². The normalized spacial score (nSPS) is 37.4. The molecule has 0 spiro atoms. The summed E-state index contributed by atoms with van der Waals surface area (Å²) in [7, 11) is 2.16. The molecule has 1 saturated heterocycles. The molecule has 1 aliphatic carbocycles. The van der Waals surface area contributed by atoms with Crippen molar-refractivity contribution in [2.75, 3.05) is 32.4 Å². The molecule has 0 amide bonds. The van der Waals surface area contributed by atoms with Gasteiger partial charge in [-0.1, -0.05) is 20.3 Å². The van der Waals surface area contributed by atoms with Crippen LogP contribution in [0, 0.1) is 11.8 Å². The molecule has 3 heteroatoms. The Labute approximate surface area is 124 Å². The highest BCUT2D eigenvalue weighted by molar-refractivity contribution is 8.00. The van der Waals surface area contributed by atoms with Crippen molar-refractivity contribution >= 4 is 11.8 Å². The largest absolute Gasteiger partial charge is 0.317 e. The van der Waals surface area contributed by atoms with Gasteiger partial charge in [0.1, 0.15) is 0 Å². The summed E-state index contributed by atoms with van der Waals surface area (Å²) in [6, 6.07) is 0.762. The first-order chi connectivity index (χ1) is 9.26. The summed E-state index contributed by atoms with van der Waals surface area (Å²) in [4.78, 5) is 2.75. The Hall–Kier alpha value is 0.270. The number of hydrogen-bond donors (Lipinski definition) is 1.